The molecule has 0 spiro atoms. The zero-order valence-corrected chi connectivity index (χ0v) is 15.0. The number of methoxy groups -OCH3 is 1. The third-order valence-electron chi connectivity index (χ3n) is 5.38. The van der Waals surface area contributed by atoms with E-state index in [4.69, 9.17) is 4.74 Å². The second-order valence-electron chi connectivity index (χ2n) is 6.49. The predicted molar refractivity (Wildman–Crippen MR) is 99.6 cm³/mol. The van der Waals surface area contributed by atoms with E-state index in [1.807, 2.05) is 30.3 Å². The van der Waals surface area contributed by atoms with Crippen molar-refractivity contribution >= 4 is 0 Å². The van der Waals surface area contributed by atoms with Crippen LogP contribution in [0.15, 0.2) is 64.8 Å². The molecule has 1 N–H and O–H groups in total. The molecule has 0 heterocycles. The Morgan fingerprint density at radius 3 is 1.96 bits per heavy atom. The average molecular weight is 320 g/mol. The SMILES string of the molecule is COc1cccc(-c2ccccc2O)c1C1C(C)=C(C)C(C)=C1C. The molecule has 2 aromatic rings. The van der Waals surface area contributed by atoms with Crippen molar-refractivity contribution in [2.75, 3.05) is 7.11 Å². The van der Waals surface area contributed by atoms with Crippen LogP contribution in [-0.4, -0.2) is 12.2 Å². The van der Waals surface area contributed by atoms with Crippen LogP contribution in [0.25, 0.3) is 11.1 Å². The number of benzene rings is 2. The van der Waals surface area contributed by atoms with Gasteiger partial charge in [0.05, 0.1) is 7.11 Å². The second-order valence-corrected chi connectivity index (χ2v) is 6.49. The molecule has 0 aromatic heterocycles. The van der Waals surface area contributed by atoms with Crippen LogP contribution in [0.5, 0.6) is 11.5 Å². The summed E-state index contributed by atoms with van der Waals surface area (Å²) in [5.74, 6) is 1.35. The highest BCUT2D eigenvalue weighted by Crippen LogP contribution is 2.50. The lowest BCUT2D eigenvalue weighted by molar-refractivity contribution is 0.409. The first-order valence-electron chi connectivity index (χ1n) is 8.27. The molecule has 2 nitrogen and oxygen atoms in total. The summed E-state index contributed by atoms with van der Waals surface area (Å²) in [6, 6.07) is 13.5. The minimum atomic E-state index is 0.191. The van der Waals surface area contributed by atoms with Crippen LogP contribution in [0.1, 0.15) is 39.2 Å². The van der Waals surface area contributed by atoms with Gasteiger partial charge >= 0.3 is 0 Å². The third-order valence-corrected chi connectivity index (χ3v) is 5.38. The first-order valence-corrected chi connectivity index (χ1v) is 8.27. The van der Waals surface area contributed by atoms with E-state index in [2.05, 4.69) is 33.8 Å². The van der Waals surface area contributed by atoms with Crippen LogP contribution in [-0.2, 0) is 0 Å². The van der Waals surface area contributed by atoms with Gasteiger partial charge in [-0.15, -0.1) is 0 Å². The molecule has 0 amide bonds. The normalized spacial score (nSPS) is 15.4. The first kappa shape index (κ1) is 16.4. The molecule has 0 radical (unpaired) electrons. The molecule has 1 aliphatic rings. The molecular formula is C22H24O2. The van der Waals surface area contributed by atoms with Crippen LogP contribution in [0, 0.1) is 0 Å². The zero-order valence-electron chi connectivity index (χ0n) is 15.0. The van der Waals surface area contributed by atoms with Crippen LogP contribution in [0.4, 0.5) is 0 Å². The molecule has 0 aliphatic heterocycles. The third kappa shape index (κ3) is 2.43. The predicted octanol–water partition coefficient (Wildman–Crippen LogP) is 5.84. The van der Waals surface area contributed by atoms with Crippen molar-refractivity contribution in [2.45, 2.75) is 33.6 Å². The van der Waals surface area contributed by atoms with E-state index in [0.29, 0.717) is 5.75 Å². The van der Waals surface area contributed by atoms with Gasteiger partial charge in [0.25, 0.3) is 0 Å². The highest BCUT2D eigenvalue weighted by molar-refractivity contribution is 5.78. The quantitative estimate of drug-likeness (QED) is 0.770. The van der Waals surface area contributed by atoms with Gasteiger partial charge in [-0.2, -0.15) is 0 Å². The topological polar surface area (TPSA) is 29.5 Å². The highest BCUT2D eigenvalue weighted by atomic mass is 16.5. The summed E-state index contributed by atoms with van der Waals surface area (Å²) in [7, 11) is 1.71. The van der Waals surface area contributed by atoms with Gasteiger partial charge in [0.1, 0.15) is 11.5 Å². The summed E-state index contributed by atoms with van der Waals surface area (Å²) in [4.78, 5) is 0. The Kier molecular flexibility index (Phi) is 4.23. The molecule has 2 heteroatoms. The summed E-state index contributed by atoms with van der Waals surface area (Å²) in [5.41, 5.74) is 8.41. The molecule has 24 heavy (non-hydrogen) atoms. The molecule has 0 fully saturated rings. The fourth-order valence-corrected chi connectivity index (χ4v) is 3.74. The van der Waals surface area contributed by atoms with Crippen molar-refractivity contribution in [3.8, 4) is 22.6 Å². The number of rotatable bonds is 3. The lowest BCUT2D eigenvalue weighted by atomic mass is 9.83. The lowest BCUT2D eigenvalue weighted by Gasteiger charge is -2.23. The van der Waals surface area contributed by atoms with Gasteiger partial charge in [-0.25, -0.2) is 0 Å². The largest absolute Gasteiger partial charge is 0.507 e. The number of phenolic OH excluding ortho intramolecular Hbond substituents is 1. The summed E-state index contributed by atoms with van der Waals surface area (Å²) in [5, 5.41) is 10.4. The molecule has 3 rings (SSSR count). The average Bonchev–Trinajstić information content (AvgIpc) is 2.78. The number of hydrogen-bond acceptors (Lipinski definition) is 2. The van der Waals surface area contributed by atoms with Crippen molar-refractivity contribution in [3.05, 3.63) is 70.3 Å². The van der Waals surface area contributed by atoms with E-state index in [9.17, 15) is 5.11 Å². The second kappa shape index (κ2) is 6.20. The van der Waals surface area contributed by atoms with E-state index in [-0.39, 0.29) is 5.92 Å². The summed E-state index contributed by atoms with van der Waals surface area (Å²) < 4.78 is 5.70. The molecule has 0 unspecified atom stereocenters. The van der Waals surface area contributed by atoms with Crippen molar-refractivity contribution in [1.29, 1.82) is 0 Å². The van der Waals surface area contributed by atoms with Gasteiger partial charge in [-0.1, -0.05) is 41.5 Å². The Labute approximate surface area is 144 Å². The fourth-order valence-electron chi connectivity index (χ4n) is 3.74. The first-order chi connectivity index (χ1) is 11.5. The number of hydrogen-bond donors (Lipinski definition) is 1. The van der Waals surface area contributed by atoms with Crippen molar-refractivity contribution < 1.29 is 9.84 Å². The molecule has 124 valence electrons. The molecule has 0 atom stereocenters. The van der Waals surface area contributed by atoms with Gasteiger partial charge in [-0.05, 0) is 56.5 Å². The molecule has 0 saturated carbocycles. The van der Waals surface area contributed by atoms with E-state index >= 15 is 0 Å². The molecular weight excluding hydrogens is 296 g/mol. The van der Waals surface area contributed by atoms with Crippen LogP contribution < -0.4 is 4.74 Å². The summed E-state index contributed by atoms with van der Waals surface area (Å²) in [6.07, 6.45) is 0. The molecule has 0 saturated heterocycles. The zero-order chi connectivity index (χ0) is 17.4. The summed E-state index contributed by atoms with van der Waals surface area (Å²) >= 11 is 0. The highest BCUT2D eigenvalue weighted by Gasteiger charge is 2.30. The van der Waals surface area contributed by atoms with E-state index in [1.165, 1.54) is 22.3 Å². The molecule has 0 bridgehead atoms. The van der Waals surface area contributed by atoms with Crippen molar-refractivity contribution in [2.24, 2.45) is 0 Å². The number of para-hydroxylation sites is 1. The molecule has 1 aliphatic carbocycles. The Morgan fingerprint density at radius 2 is 1.38 bits per heavy atom. The van der Waals surface area contributed by atoms with E-state index < -0.39 is 0 Å². The lowest BCUT2D eigenvalue weighted by Crippen LogP contribution is -2.05. The number of phenols is 1. The van der Waals surface area contributed by atoms with Gasteiger partial charge in [-0.3, -0.25) is 0 Å². The van der Waals surface area contributed by atoms with Crippen molar-refractivity contribution in [3.63, 3.8) is 0 Å². The number of aromatic hydroxyl groups is 1. The standard InChI is InChI=1S/C22H24O2/c1-13-14(2)16(4)21(15(13)3)22-18(10-8-12-20(22)24-5)17-9-6-7-11-19(17)23/h6-12,21,23H,1-5H3. The van der Waals surface area contributed by atoms with Gasteiger partial charge in [0, 0.05) is 17.0 Å². The monoisotopic (exact) mass is 320 g/mol. The Balaban J connectivity index is 2.31. The van der Waals surface area contributed by atoms with Crippen LogP contribution in [0.3, 0.4) is 0 Å². The van der Waals surface area contributed by atoms with Gasteiger partial charge < -0.3 is 9.84 Å². The maximum absolute atomic E-state index is 10.4. The number of ether oxygens (including phenoxy) is 1. The minimum absolute atomic E-state index is 0.191. The van der Waals surface area contributed by atoms with Crippen LogP contribution in [0.2, 0.25) is 0 Å². The Hall–Kier alpha value is -2.48. The van der Waals surface area contributed by atoms with Crippen molar-refractivity contribution in [1.82, 2.24) is 0 Å². The maximum Gasteiger partial charge on any atom is 0.123 e. The van der Waals surface area contributed by atoms with Gasteiger partial charge in [0.2, 0.25) is 0 Å². The summed E-state index contributed by atoms with van der Waals surface area (Å²) in [6.45, 7) is 8.76. The maximum atomic E-state index is 10.4. The van der Waals surface area contributed by atoms with E-state index in [1.54, 1.807) is 13.2 Å². The van der Waals surface area contributed by atoms with Gasteiger partial charge in [0.15, 0.2) is 0 Å². The number of allylic oxidation sites excluding steroid dienone is 4. The molecule has 2 aromatic carbocycles. The van der Waals surface area contributed by atoms with Crippen LogP contribution >= 0.6 is 0 Å². The fraction of sp³-hybridized carbons (Fsp3) is 0.273. The minimum Gasteiger partial charge on any atom is -0.507 e. The smallest absolute Gasteiger partial charge is 0.123 e. The Morgan fingerprint density at radius 1 is 0.792 bits per heavy atom. The van der Waals surface area contributed by atoms with E-state index in [0.717, 1.165) is 22.4 Å². The Bertz CT molecular complexity index is 832.